The first-order valence-electron chi connectivity index (χ1n) is 10.6. The largest absolute Gasteiger partial charge is 0.362 e. The van der Waals surface area contributed by atoms with Crippen molar-refractivity contribution in [3.8, 4) is 0 Å². The second-order valence-electron chi connectivity index (χ2n) is 8.19. The standard InChI is InChI=1S/C24H25ClFN5O/c1-31(2)23-19-5-3-4-6-21(19)29-24(30-23)28-18-11-9-17(10-12-18)27-22(32)13-15-7-8-16(26)14-20(15)25/h3-8,14,17H,9-13H2,1-2H3,(H,27,32). The molecule has 1 aliphatic rings. The van der Waals surface area contributed by atoms with E-state index >= 15 is 0 Å². The summed E-state index contributed by atoms with van der Waals surface area (Å²) in [5.74, 6) is 0.787. The molecule has 0 spiro atoms. The van der Waals surface area contributed by atoms with Crippen LogP contribution in [0.4, 0.5) is 16.2 Å². The van der Waals surface area contributed by atoms with E-state index in [9.17, 15) is 9.18 Å². The number of hydrogen-bond acceptors (Lipinski definition) is 5. The van der Waals surface area contributed by atoms with E-state index in [1.807, 2.05) is 43.3 Å². The van der Waals surface area contributed by atoms with Crippen molar-refractivity contribution in [2.24, 2.45) is 4.99 Å². The fourth-order valence-corrected chi connectivity index (χ4v) is 4.14. The van der Waals surface area contributed by atoms with E-state index in [0.717, 1.165) is 48.1 Å². The van der Waals surface area contributed by atoms with Gasteiger partial charge in [0.2, 0.25) is 5.91 Å². The third-order valence-electron chi connectivity index (χ3n) is 5.55. The zero-order chi connectivity index (χ0) is 22.7. The number of carbonyl (C=O) groups excluding carboxylic acids is 1. The lowest BCUT2D eigenvalue weighted by Crippen LogP contribution is -2.38. The fourth-order valence-electron chi connectivity index (χ4n) is 3.90. The van der Waals surface area contributed by atoms with E-state index in [1.165, 1.54) is 12.1 Å². The van der Waals surface area contributed by atoms with Gasteiger partial charge >= 0.3 is 0 Å². The van der Waals surface area contributed by atoms with Gasteiger partial charge < -0.3 is 10.2 Å². The van der Waals surface area contributed by atoms with E-state index in [2.05, 4.69) is 15.3 Å². The molecule has 1 aromatic heterocycles. The van der Waals surface area contributed by atoms with Gasteiger partial charge in [0.15, 0.2) is 0 Å². The van der Waals surface area contributed by atoms with Crippen LogP contribution in [0.3, 0.4) is 0 Å². The number of anilines is 1. The number of hydrogen-bond donors (Lipinski definition) is 1. The maximum atomic E-state index is 13.2. The van der Waals surface area contributed by atoms with Crippen LogP contribution < -0.4 is 10.2 Å². The third kappa shape index (κ3) is 5.22. The molecule has 8 heteroatoms. The SMILES string of the molecule is CN(C)c1nc(N=C2CCC(NC(=O)Cc3ccc(F)cc3Cl)CC2)nc2ccccc12. The molecule has 0 saturated heterocycles. The van der Waals surface area contributed by atoms with Gasteiger partial charge in [-0.05, 0) is 55.5 Å². The number of carbonyl (C=O) groups is 1. The Morgan fingerprint density at radius 2 is 1.94 bits per heavy atom. The van der Waals surface area contributed by atoms with Crippen molar-refractivity contribution in [2.75, 3.05) is 19.0 Å². The lowest BCUT2D eigenvalue weighted by Gasteiger charge is -2.24. The highest BCUT2D eigenvalue weighted by molar-refractivity contribution is 6.31. The number of nitrogens with one attached hydrogen (secondary N) is 1. The van der Waals surface area contributed by atoms with Crippen molar-refractivity contribution < 1.29 is 9.18 Å². The first-order chi connectivity index (χ1) is 15.4. The summed E-state index contributed by atoms with van der Waals surface area (Å²) in [7, 11) is 3.91. The monoisotopic (exact) mass is 453 g/mol. The Bertz CT molecular complexity index is 1170. The van der Waals surface area contributed by atoms with E-state index in [4.69, 9.17) is 16.6 Å². The molecule has 0 bridgehead atoms. The smallest absolute Gasteiger partial charge is 0.251 e. The van der Waals surface area contributed by atoms with Gasteiger partial charge in [0.25, 0.3) is 5.95 Å². The molecule has 4 rings (SSSR count). The molecule has 0 radical (unpaired) electrons. The van der Waals surface area contributed by atoms with Crippen molar-refractivity contribution in [1.82, 2.24) is 15.3 Å². The Morgan fingerprint density at radius 1 is 1.19 bits per heavy atom. The topological polar surface area (TPSA) is 70.5 Å². The van der Waals surface area contributed by atoms with Crippen LogP contribution >= 0.6 is 11.6 Å². The maximum Gasteiger partial charge on any atom is 0.251 e. The molecule has 3 aromatic rings. The van der Waals surface area contributed by atoms with Crippen LogP contribution in [0.2, 0.25) is 5.02 Å². The highest BCUT2D eigenvalue weighted by Gasteiger charge is 2.20. The summed E-state index contributed by atoms with van der Waals surface area (Å²) in [6, 6.07) is 12.1. The van der Waals surface area contributed by atoms with Crippen LogP contribution in [0.1, 0.15) is 31.2 Å². The van der Waals surface area contributed by atoms with Gasteiger partial charge in [-0.2, -0.15) is 4.98 Å². The van der Waals surface area contributed by atoms with Crippen LogP contribution in [0.5, 0.6) is 0 Å². The summed E-state index contributed by atoms with van der Waals surface area (Å²) >= 11 is 6.03. The second-order valence-corrected chi connectivity index (χ2v) is 8.60. The Morgan fingerprint density at radius 3 is 2.66 bits per heavy atom. The maximum absolute atomic E-state index is 13.2. The van der Waals surface area contributed by atoms with Gasteiger partial charge in [-0.25, -0.2) is 14.4 Å². The van der Waals surface area contributed by atoms with Crippen molar-refractivity contribution in [2.45, 2.75) is 38.1 Å². The molecule has 0 aliphatic heterocycles. The predicted molar refractivity (Wildman–Crippen MR) is 126 cm³/mol. The first kappa shape index (κ1) is 22.1. The second kappa shape index (κ2) is 9.61. The summed E-state index contributed by atoms with van der Waals surface area (Å²) in [4.78, 5) is 28.3. The van der Waals surface area contributed by atoms with E-state index in [1.54, 1.807) is 6.07 Å². The minimum absolute atomic E-state index is 0.0792. The molecule has 1 heterocycles. The van der Waals surface area contributed by atoms with Crippen molar-refractivity contribution in [3.63, 3.8) is 0 Å². The first-order valence-corrected chi connectivity index (χ1v) is 11.0. The summed E-state index contributed by atoms with van der Waals surface area (Å²) in [5, 5.41) is 4.32. The highest BCUT2D eigenvalue weighted by atomic mass is 35.5. The molecular weight excluding hydrogens is 429 g/mol. The van der Waals surface area contributed by atoms with Crippen LogP contribution in [0.25, 0.3) is 10.9 Å². The molecule has 6 nitrogen and oxygen atoms in total. The zero-order valence-corrected chi connectivity index (χ0v) is 18.9. The van der Waals surface area contributed by atoms with Gasteiger partial charge in [-0.15, -0.1) is 0 Å². The van der Waals surface area contributed by atoms with E-state index < -0.39 is 5.82 Å². The number of fused-ring (bicyclic) bond motifs is 1. The molecule has 0 atom stereocenters. The molecule has 1 aliphatic carbocycles. The van der Waals surface area contributed by atoms with Crippen molar-refractivity contribution >= 4 is 45.9 Å². The Kier molecular flexibility index (Phi) is 6.65. The number of nitrogens with zero attached hydrogens (tertiary/aromatic N) is 4. The molecule has 166 valence electrons. The van der Waals surface area contributed by atoms with Crippen LogP contribution in [-0.4, -0.2) is 41.7 Å². The lowest BCUT2D eigenvalue weighted by atomic mass is 9.93. The van der Waals surface area contributed by atoms with Gasteiger partial charge in [0.1, 0.15) is 11.6 Å². The number of para-hydroxylation sites is 1. The van der Waals surface area contributed by atoms with Gasteiger partial charge in [-0.3, -0.25) is 4.79 Å². The zero-order valence-electron chi connectivity index (χ0n) is 18.1. The summed E-state index contributed by atoms with van der Waals surface area (Å²) < 4.78 is 13.2. The minimum Gasteiger partial charge on any atom is -0.362 e. The molecule has 2 aromatic carbocycles. The lowest BCUT2D eigenvalue weighted by molar-refractivity contribution is -0.121. The fraction of sp³-hybridized carbons (Fsp3) is 0.333. The van der Waals surface area contributed by atoms with Crippen molar-refractivity contribution in [3.05, 3.63) is 58.9 Å². The number of amides is 1. The molecule has 1 amide bonds. The Balaban J connectivity index is 1.39. The van der Waals surface area contributed by atoms with Crippen LogP contribution in [-0.2, 0) is 11.2 Å². The van der Waals surface area contributed by atoms with Gasteiger partial charge in [0.05, 0.1) is 11.9 Å². The number of aromatic nitrogens is 2. The number of rotatable bonds is 5. The Hall–Kier alpha value is -3.06. The van der Waals surface area contributed by atoms with Gasteiger partial charge in [0, 0.05) is 36.3 Å². The number of aliphatic imine (C=N–C) groups is 1. The van der Waals surface area contributed by atoms with Crippen LogP contribution in [0.15, 0.2) is 47.5 Å². The normalized spacial score (nSPS) is 16.1. The highest BCUT2D eigenvalue weighted by Crippen LogP contribution is 2.26. The molecule has 1 saturated carbocycles. The van der Waals surface area contributed by atoms with Crippen molar-refractivity contribution in [1.29, 1.82) is 0 Å². The average molecular weight is 454 g/mol. The van der Waals surface area contributed by atoms with Crippen LogP contribution in [0, 0.1) is 5.82 Å². The van der Waals surface area contributed by atoms with E-state index in [0.29, 0.717) is 11.5 Å². The molecule has 1 N–H and O–H groups in total. The van der Waals surface area contributed by atoms with E-state index in [-0.39, 0.29) is 23.4 Å². The molecule has 1 fully saturated rings. The average Bonchev–Trinajstić information content (AvgIpc) is 2.76. The molecule has 0 unspecified atom stereocenters. The summed E-state index contributed by atoms with van der Waals surface area (Å²) in [5.41, 5.74) is 2.52. The summed E-state index contributed by atoms with van der Waals surface area (Å²) in [6.45, 7) is 0. The minimum atomic E-state index is -0.411. The number of benzene rings is 2. The Labute approximate surface area is 191 Å². The summed E-state index contributed by atoms with van der Waals surface area (Å²) in [6.07, 6.45) is 3.28. The number of halogens is 2. The predicted octanol–water partition coefficient (Wildman–Crippen LogP) is 4.86. The molecule has 32 heavy (non-hydrogen) atoms. The quantitative estimate of drug-likeness (QED) is 0.598. The van der Waals surface area contributed by atoms with Gasteiger partial charge in [-0.1, -0.05) is 29.8 Å². The molecular formula is C24H25ClFN5O. The third-order valence-corrected chi connectivity index (χ3v) is 5.90.